The first kappa shape index (κ1) is 25.5. The first-order valence-electron chi connectivity index (χ1n) is 10.6. The van der Waals surface area contributed by atoms with Gasteiger partial charge in [0.1, 0.15) is 5.56 Å². The number of rotatable bonds is 5. The van der Waals surface area contributed by atoms with E-state index in [1.165, 1.54) is 35.9 Å². The monoisotopic (exact) mass is 502 g/mol. The third-order valence-electron chi connectivity index (χ3n) is 5.22. The Hall–Kier alpha value is -3.16. The first-order valence-corrected chi connectivity index (χ1v) is 11.4. The molecule has 3 rings (SSSR count). The Morgan fingerprint density at radius 3 is 2.12 bits per heavy atom. The highest BCUT2D eigenvalue weighted by Crippen LogP contribution is 2.35. The zero-order valence-corrected chi connectivity index (χ0v) is 20.9. The molecule has 0 saturated heterocycles. The highest BCUT2D eigenvalue weighted by Gasteiger charge is 2.34. The number of esters is 1. The molecule has 0 aliphatic rings. The van der Waals surface area contributed by atoms with Gasteiger partial charge >= 0.3 is 5.97 Å². The highest BCUT2D eigenvalue weighted by molar-refractivity contribution is 6.36. The van der Waals surface area contributed by atoms with Crippen molar-refractivity contribution < 1.29 is 19.1 Å². The lowest BCUT2D eigenvalue weighted by Crippen LogP contribution is -2.43. The predicted molar refractivity (Wildman–Crippen MR) is 133 cm³/mol. The number of anilines is 1. The van der Waals surface area contributed by atoms with Crippen LogP contribution in [0.2, 0.25) is 10.0 Å². The number of amides is 2. The zero-order valence-electron chi connectivity index (χ0n) is 19.4. The Morgan fingerprint density at radius 1 is 0.941 bits per heavy atom. The summed E-state index contributed by atoms with van der Waals surface area (Å²) in [4.78, 5) is 54.0. The van der Waals surface area contributed by atoms with Crippen molar-refractivity contribution in [2.45, 2.75) is 27.7 Å². The van der Waals surface area contributed by atoms with Crippen LogP contribution in [0.4, 0.5) is 5.69 Å². The van der Waals surface area contributed by atoms with Gasteiger partial charge in [-0.2, -0.15) is 0 Å². The summed E-state index contributed by atoms with van der Waals surface area (Å²) in [5.41, 5.74) is -0.618. The molecule has 0 atom stereocenters. The number of carbonyl (C=O) groups is 3. The summed E-state index contributed by atoms with van der Waals surface area (Å²) < 4.78 is 6.82. The lowest BCUT2D eigenvalue weighted by atomic mass is 10.1. The lowest BCUT2D eigenvalue weighted by molar-refractivity contribution is -0.137. The van der Waals surface area contributed by atoms with E-state index in [0.29, 0.717) is 10.5 Å². The summed E-state index contributed by atoms with van der Waals surface area (Å²) in [5, 5.41) is 0.812. The largest absolute Gasteiger partial charge is 0.424 e. The number of halogens is 2. The summed E-state index contributed by atoms with van der Waals surface area (Å²) in [6.07, 6.45) is 0. The number of aromatic nitrogens is 1. The van der Waals surface area contributed by atoms with Crippen molar-refractivity contribution in [3.63, 3.8) is 0 Å². The molecule has 0 saturated carbocycles. The molecule has 9 heteroatoms. The van der Waals surface area contributed by atoms with Crippen LogP contribution >= 0.6 is 23.2 Å². The molecule has 0 spiro atoms. The van der Waals surface area contributed by atoms with Crippen molar-refractivity contribution in [3.8, 4) is 5.75 Å². The smallest absolute Gasteiger partial charge is 0.313 e. The van der Waals surface area contributed by atoms with Crippen LogP contribution in [0.5, 0.6) is 5.75 Å². The van der Waals surface area contributed by atoms with Crippen LogP contribution in [-0.4, -0.2) is 22.4 Å². The van der Waals surface area contributed by atoms with Gasteiger partial charge in [-0.15, -0.1) is 0 Å². The molecule has 0 radical (unpaired) electrons. The van der Waals surface area contributed by atoms with E-state index in [2.05, 4.69) is 0 Å². The molecular weight excluding hydrogens is 479 g/mol. The zero-order chi connectivity index (χ0) is 25.3. The second-order valence-corrected chi connectivity index (χ2v) is 9.23. The van der Waals surface area contributed by atoms with Gasteiger partial charge in [0.15, 0.2) is 5.75 Å². The van der Waals surface area contributed by atoms with Crippen LogP contribution < -0.4 is 15.2 Å². The fourth-order valence-electron chi connectivity index (χ4n) is 3.33. The molecule has 2 aromatic carbocycles. The molecule has 0 aliphatic carbocycles. The number of benzene rings is 2. The molecule has 0 N–H and O–H groups in total. The van der Waals surface area contributed by atoms with E-state index in [1.54, 1.807) is 45.9 Å². The maximum atomic E-state index is 13.9. The standard InChI is InChI=1S/C25H24Cl2N2O5/c1-13(2)22(30)29(16-11-9-15(26)10-12-16)24(32)20-21(34-25(33)14(3)4)19-17(27)7-6-8-18(19)28(5)23(20)31/h6-14H,1-5H3. The number of ether oxygens (including phenoxy) is 1. The molecule has 1 heterocycles. The number of carbonyl (C=O) groups excluding carboxylic acids is 3. The van der Waals surface area contributed by atoms with Crippen LogP contribution in [0.1, 0.15) is 38.1 Å². The molecule has 3 aromatic rings. The van der Waals surface area contributed by atoms with E-state index in [4.69, 9.17) is 27.9 Å². The minimum Gasteiger partial charge on any atom is -0.424 e. The van der Waals surface area contributed by atoms with Gasteiger partial charge < -0.3 is 9.30 Å². The second-order valence-electron chi connectivity index (χ2n) is 8.39. The number of hydrogen-bond donors (Lipinski definition) is 0. The Balaban J connectivity index is 2.38. The molecule has 34 heavy (non-hydrogen) atoms. The summed E-state index contributed by atoms with van der Waals surface area (Å²) in [7, 11) is 1.47. The molecule has 0 unspecified atom stereocenters. The van der Waals surface area contributed by atoms with E-state index in [-0.39, 0.29) is 21.8 Å². The van der Waals surface area contributed by atoms with E-state index in [0.717, 1.165) is 4.90 Å². The van der Waals surface area contributed by atoms with Gasteiger partial charge in [-0.25, -0.2) is 4.90 Å². The number of aryl methyl sites for hydroxylation is 1. The average molecular weight is 503 g/mol. The van der Waals surface area contributed by atoms with Crippen molar-refractivity contribution in [2.75, 3.05) is 4.90 Å². The molecular formula is C25H24Cl2N2O5. The maximum Gasteiger partial charge on any atom is 0.313 e. The highest BCUT2D eigenvalue weighted by atomic mass is 35.5. The molecule has 1 aromatic heterocycles. The molecule has 0 aliphatic heterocycles. The molecule has 0 bridgehead atoms. The van der Waals surface area contributed by atoms with Gasteiger partial charge in [-0.3, -0.25) is 19.2 Å². The van der Waals surface area contributed by atoms with Crippen LogP contribution in [-0.2, 0) is 16.6 Å². The summed E-state index contributed by atoms with van der Waals surface area (Å²) >= 11 is 12.4. The minimum absolute atomic E-state index is 0.182. The van der Waals surface area contributed by atoms with E-state index >= 15 is 0 Å². The molecule has 7 nitrogen and oxygen atoms in total. The fourth-order valence-corrected chi connectivity index (χ4v) is 3.71. The molecule has 0 fully saturated rings. The second kappa shape index (κ2) is 9.99. The van der Waals surface area contributed by atoms with E-state index in [9.17, 15) is 19.2 Å². The van der Waals surface area contributed by atoms with Crippen LogP contribution in [0, 0.1) is 11.8 Å². The normalized spacial score (nSPS) is 11.2. The Kier molecular flexibility index (Phi) is 7.48. The molecule has 178 valence electrons. The van der Waals surface area contributed by atoms with Crippen LogP contribution in [0.25, 0.3) is 10.9 Å². The third-order valence-corrected chi connectivity index (χ3v) is 5.78. The van der Waals surface area contributed by atoms with Crippen molar-refractivity contribution in [1.82, 2.24) is 4.57 Å². The van der Waals surface area contributed by atoms with Crippen molar-refractivity contribution >= 4 is 57.6 Å². The summed E-state index contributed by atoms with van der Waals surface area (Å²) in [6, 6.07) is 10.9. The lowest BCUT2D eigenvalue weighted by Gasteiger charge is -2.24. The van der Waals surface area contributed by atoms with Crippen molar-refractivity contribution in [2.24, 2.45) is 18.9 Å². The van der Waals surface area contributed by atoms with Gasteiger partial charge in [-0.05, 0) is 36.4 Å². The van der Waals surface area contributed by atoms with Crippen LogP contribution in [0.15, 0.2) is 47.3 Å². The predicted octanol–water partition coefficient (Wildman–Crippen LogP) is 5.24. The SMILES string of the molecule is CC(C)C(=O)Oc1c(C(=O)N(C(=O)C(C)C)c2ccc(Cl)cc2)c(=O)n(C)c2cccc(Cl)c12. The molecule has 2 amide bonds. The van der Waals surface area contributed by atoms with Crippen molar-refractivity contribution in [3.05, 3.63) is 68.4 Å². The summed E-state index contributed by atoms with van der Waals surface area (Å²) in [5.74, 6) is -3.53. The Morgan fingerprint density at radius 2 is 1.56 bits per heavy atom. The van der Waals surface area contributed by atoms with E-state index < -0.39 is 40.7 Å². The Bertz CT molecular complexity index is 1340. The van der Waals surface area contributed by atoms with Gasteiger partial charge in [0, 0.05) is 18.0 Å². The maximum absolute atomic E-state index is 13.9. The summed E-state index contributed by atoms with van der Waals surface area (Å²) in [6.45, 7) is 6.51. The fraction of sp³-hybridized carbons (Fsp3) is 0.280. The van der Waals surface area contributed by atoms with E-state index in [1.807, 2.05) is 0 Å². The third kappa shape index (κ3) is 4.72. The quantitative estimate of drug-likeness (QED) is 0.445. The number of hydrogen-bond acceptors (Lipinski definition) is 5. The first-order chi connectivity index (χ1) is 16.0. The van der Waals surface area contributed by atoms with Crippen LogP contribution in [0.3, 0.4) is 0 Å². The number of imide groups is 1. The minimum atomic E-state index is -0.935. The van der Waals surface area contributed by atoms with Gasteiger partial charge in [-0.1, -0.05) is 57.0 Å². The van der Waals surface area contributed by atoms with Gasteiger partial charge in [0.2, 0.25) is 5.91 Å². The number of pyridine rings is 1. The topological polar surface area (TPSA) is 85.7 Å². The number of nitrogens with zero attached hydrogens (tertiary/aromatic N) is 2. The average Bonchev–Trinajstić information content (AvgIpc) is 2.78. The van der Waals surface area contributed by atoms with Gasteiger partial charge in [0.25, 0.3) is 11.5 Å². The Labute approximate surface area is 206 Å². The number of fused-ring (bicyclic) bond motifs is 1. The van der Waals surface area contributed by atoms with Crippen molar-refractivity contribution in [1.29, 1.82) is 0 Å². The van der Waals surface area contributed by atoms with Gasteiger partial charge in [0.05, 0.1) is 27.5 Å².